The van der Waals surface area contributed by atoms with Crippen molar-refractivity contribution >= 4 is 27.5 Å². The summed E-state index contributed by atoms with van der Waals surface area (Å²) in [5.74, 6) is 0.469. The smallest absolute Gasteiger partial charge is 0.305 e. The molecule has 136 valence electrons. The number of aliphatic carboxylic acids is 1. The first-order valence-corrected chi connectivity index (χ1v) is 9.22. The van der Waals surface area contributed by atoms with Gasteiger partial charge in [0, 0.05) is 23.9 Å². The molecule has 0 saturated carbocycles. The van der Waals surface area contributed by atoms with E-state index < -0.39 is 5.97 Å². The number of ether oxygens (including phenoxy) is 1. The number of aromatic nitrogens is 2. The van der Waals surface area contributed by atoms with Gasteiger partial charge in [-0.3, -0.25) is 14.2 Å². The highest BCUT2D eigenvalue weighted by molar-refractivity contribution is 7.17. The van der Waals surface area contributed by atoms with Crippen molar-refractivity contribution in [1.29, 1.82) is 0 Å². The van der Waals surface area contributed by atoms with Crippen LogP contribution in [0.1, 0.15) is 24.7 Å². The number of carboxylic acids is 1. The molecule has 3 rings (SSSR count). The first-order chi connectivity index (χ1) is 12.5. The Labute approximate surface area is 154 Å². The number of hydrogen-bond acceptors (Lipinski definition) is 5. The van der Waals surface area contributed by atoms with Gasteiger partial charge in [0.15, 0.2) is 0 Å². The van der Waals surface area contributed by atoms with Crippen molar-refractivity contribution in [2.75, 3.05) is 7.11 Å². The molecule has 1 aromatic carbocycles. The van der Waals surface area contributed by atoms with Crippen molar-refractivity contribution in [2.45, 2.75) is 33.2 Å². The lowest BCUT2D eigenvalue weighted by molar-refractivity contribution is -0.137. The van der Waals surface area contributed by atoms with Crippen LogP contribution in [-0.2, 0) is 17.8 Å². The van der Waals surface area contributed by atoms with Crippen LogP contribution in [0.3, 0.4) is 0 Å². The molecule has 0 aliphatic rings. The molecule has 2 heterocycles. The predicted octanol–water partition coefficient (Wildman–Crippen LogP) is 3.48. The zero-order chi connectivity index (χ0) is 18.8. The minimum absolute atomic E-state index is 0.110. The molecule has 0 aliphatic carbocycles. The number of carbonyl (C=O) groups is 1. The number of methoxy groups -OCH3 is 1. The maximum absolute atomic E-state index is 13.1. The lowest BCUT2D eigenvalue weighted by Gasteiger charge is -2.11. The van der Waals surface area contributed by atoms with Crippen LogP contribution in [0.15, 0.2) is 28.4 Å². The van der Waals surface area contributed by atoms with Gasteiger partial charge < -0.3 is 9.84 Å². The molecule has 0 amide bonds. The number of carboxylic acid groups (broad SMARTS) is 1. The Balaban J connectivity index is 2.19. The molecule has 6 nitrogen and oxygen atoms in total. The second-order valence-electron chi connectivity index (χ2n) is 6.00. The Morgan fingerprint density at radius 1 is 1.38 bits per heavy atom. The van der Waals surface area contributed by atoms with Crippen LogP contribution in [0.4, 0.5) is 0 Å². The fourth-order valence-corrected chi connectivity index (χ4v) is 3.99. The van der Waals surface area contributed by atoms with Crippen LogP contribution < -0.4 is 10.3 Å². The molecule has 0 fully saturated rings. The van der Waals surface area contributed by atoms with E-state index in [9.17, 15) is 9.59 Å². The number of fused-ring (bicyclic) bond motifs is 1. The monoisotopic (exact) mass is 372 g/mol. The molecule has 0 aliphatic heterocycles. The molecule has 0 radical (unpaired) electrons. The second kappa shape index (κ2) is 7.29. The highest BCUT2D eigenvalue weighted by atomic mass is 32.1. The molecular formula is C19H20N2O4S. The Morgan fingerprint density at radius 2 is 2.15 bits per heavy atom. The molecule has 0 spiro atoms. The maximum Gasteiger partial charge on any atom is 0.305 e. The van der Waals surface area contributed by atoms with Crippen LogP contribution in [0.5, 0.6) is 5.75 Å². The number of benzene rings is 1. The summed E-state index contributed by atoms with van der Waals surface area (Å²) < 4.78 is 6.79. The SMILES string of the molecule is CCc1nc2scc(-c3ccc(OC)c(C)c3)c2c(=O)n1CCC(=O)O. The molecule has 2 aromatic heterocycles. The first-order valence-electron chi connectivity index (χ1n) is 8.34. The van der Waals surface area contributed by atoms with E-state index in [1.165, 1.54) is 15.9 Å². The Bertz CT molecular complexity index is 1040. The van der Waals surface area contributed by atoms with Crippen molar-refractivity contribution in [2.24, 2.45) is 0 Å². The van der Waals surface area contributed by atoms with Crippen molar-refractivity contribution in [3.63, 3.8) is 0 Å². The molecule has 0 unspecified atom stereocenters. The summed E-state index contributed by atoms with van der Waals surface area (Å²) in [5.41, 5.74) is 2.54. The zero-order valence-corrected chi connectivity index (χ0v) is 15.7. The van der Waals surface area contributed by atoms with Gasteiger partial charge in [-0.15, -0.1) is 11.3 Å². The number of aryl methyl sites for hydroxylation is 2. The van der Waals surface area contributed by atoms with Gasteiger partial charge >= 0.3 is 5.97 Å². The van der Waals surface area contributed by atoms with Gasteiger partial charge in [-0.25, -0.2) is 4.98 Å². The Kier molecular flexibility index (Phi) is 5.08. The predicted molar refractivity (Wildman–Crippen MR) is 102 cm³/mol. The van der Waals surface area contributed by atoms with E-state index in [1.807, 2.05) is 37.4 Å². The van der Waals surface area contributed by atoms with Gasteiger partial charge in [0.2, 0.25) is 0 Å². The van der Waals surface area contributed by atoms with E-state index in [1.54, 1.807) is 7.11 Å². The normalized spacial score (nSPS) is 11.0. The summed E-state index contributed by atoms with van der Waals surface area (Å²) in [6.45, 7) is 3.99. The highest BCUT2D eigenvalue weighted by Gasteiger charge is 2.17. The summed E-state index contributed by atoms with van der Waals surface area (Å²) in [6.07, 6.45) is 0.459. The van der Waals surface area contributed by atoms with Crippen LogP contribution in [0.2, 0.25) is 0 Å². The van der Waals surface area contributed by atoms with Gasteiger partial charge in [-0.2, -0.15) is 0 Å². The third-order valence-electron chi connectivity index (χ3n) is 4.34. The lowest BCUT2D eigenvalue weighted by Crippen LogP contribution is -2.26. The minimum Gasteiger partial charge on any atom is -0.496 e. The summed E-state index contributed by atoms with van der Waals surface area (Å²) in [7, 11) is 1.62. The molecule has 0 atom stereocenters. The van der Waals surface area contributed by atoms with Crippen molar-refractivity contribution in [3.05, 3.63) is 45.3 Å². The van der Waals surface area contributed by atoms with E-state index >= 15 is 0 Å². The Morgan fingerprint density at radius 3 is 2.77 bits per heavy atom. The van der Waals surface area contributed by atoms with Crippen LogP contribution in [0, 0.1) is 6.92 Å². The van der Waals surface area contributed by atoms with Gasteiger partial charge in [0.25, 0.3) is 5.56 Å². The van der Waals surface area contributed by atoms with E-state index in [0.717, 1.165) is 22.4 Å². The lowest BCUT2D eigenvalue weighted by atomic mass is 10.0. The largest absolute Gasteiger partial charge is 0.496 e. The number of hydrogen-bond donors (Lipinski definition) is 1. The summed E-state index contributed by atoms with van der Waals surface area (Å²) in [6, 6.07) is 5.78. The molecule has 0 bridgehead atoms. The molecule has 26 heavy (non-hydrogen) atoms. The third-order valence-corrected chi connectivity index (χ3v) is 5.22. The van der Waals surface area contributed by atoms with Crippen molar-refractivity contribution in [1.82, 2.24) is 9.55 Å². The maximum atomic E-state index is 13.1. The van der Waals surface area contributed by atoms with Gasteiger partial charge in [-0.1, -0.05) is 13.0 Å². The van der Waals surface area contributed by atoms with E-state index in [2.05, 4.69) is 4.98 Å². The average Bonchev–Trinajstić information content (AvgIpc) is 3.04. The van der Waals surface area contributed by atoms with Crippen LogP contribution >= 0.6 is 11.3 Å². The van der Waals surface area contributed by atoms with Gasteiger partial charge in [-0.05, 0) is 30.2 Å². The number of thiophene rings is 1. The van der Waals surface area contributed by atoms with Crippen molar-refractivity contribution in [3.8, 4) is 16.9 Å². The quantitative estimate of drug-likeness (QED) is 0.716. The van der Waals surface area contributed by atoms with E-state index in [4.69, 9.17) is 9.84 Å². The van der Waals surface area contributed by atoms with Gasteiger partial charge in [0.1, 0.15) is 16.4 Å². The second-order valence-corrected chi connectivity index (χ2v) is 6.85. The van der Waals surface area contributed by atoms with Crippen molar-refractivity contribution < 1.29 is 14.6 Å². The van der Waals surface area contributed by atoms with E-state index in [0.29, 0.717) is 22.5 Å². The molecule has 1 N–H and O–H groups in total. The molecule has 3 aromatic rings. The summed E-state index contributed by atoms with van der Waals surface area (Å²) in [4.78, 5) is 29.3. The van der Waals surface area contributed by atoms with E-state index in [-0.39, 0.29) is 18.5 Å². The fourth-order valence-electron chi connectivity index (χ4n) is 3.03. The summed E-state index contributed by atoms with van der Waals surface area (Å²) >= 11 is 1.43. The highest BCUT2D eigenvalue weighted by Crippen LogP contribution is 2.33. The zero-order valence-electron chi connectivity index (χ0n) is 14.9. The average molecular weight is 372 g/mol. The third kappa shape index (κ3) is 3.22. The standard InChI is InChI=1S/C19H20N2O4S/c1-4-15-20-18-17(19(24)21(15)8-7-16(22)23)13(10-26-18)12-5-6-14(25-3)11(2)9-12/h5-6,9-10H,4,7-8H2,1-3H3,(H,22,23). The minimum atomic E-state index is -0.935. The first kappa shape index (κ1) is 18.1. The molecular weight excluding hydrogens is 352 g/mol. The van der Waals surface area contributed by atoms with Crippen LogP contribution in [0.25, 0.3) is 21.3 Å². The fraction of sp³-hybridized carbons (Fsp3) is 0.316. The Hall–Kier alpha value is -2.67. The summed E-state index contributed by atoms with van der Waals surface area (Å²) in [5, 5.41) is 11.4. The topological polar surface area (TPSA) is 81.4 Å². The number of nitrogens with zero attached hydrogens (tertiary/aromatic N) is 2. The van der Waals surface area contributed by atoms with Crippen LogP contribution in [-0.4, -0.2) is 27.7 Å². The number of rotatable bonds is 6. The molecule has 7 heteroatoms. The molecule has 0 saturated heterocycles. The van der Waals surface area contributed by atoms with Gasteiger partial charge in [0.05, 0.1) is 18.9 Å².